The minimum atomic E-state index is -0.351. The molecule has 0 radical (unpaired) electrons. The molecule has 0 amide bonds. The van der Waals surface area contributed by atoms with Crippen molar-refractivity contribution in [2.45, 2.75) is 6.61 Å². The van der Waals surface area contributed by atoms with E-state index in [1.807, 2.05) is 24.3 Å². The fourth-order valence-electron chi connectivity index (χ4n) is 1.73. The van der Waals surface area contributed by atoms with Gasteiger partial charge in [-0.25, -0.2) is 4.79 Å². The van der Waals surface area contributed by atoms with Crippen molar-refractivity contribution in [2.24, 2.45) is 0 Å². The molecule has 1 N–H and O–H groups in total. The highest BCUT2D eigenvalue weighted by atomic mass is 16.5. The number of ether oxygens (including phenoxy) is 1. The molecule has 2 aromatic rings. The van der Waals surface area contributed by atoms with Gasteiger partial charge in [0, 0.05) is 0 Å². The van der Waals surface area contributed by atoms with E-state index in [0.29, 0.717) is 5.56 Å². The van der Waals surface area contributed by atoms with Gasteiger partial charge in [-0.05, 0) is 28.5 Å². The standard InChI is InChI=1S/C13H12O3/c1-16-13(15)10-5-6-12-9(7-10)3-2-4-11(12)8-14/h2-7,14H,8H2,1H3. The molecule has 3 heteroatoms. The van der Waals surface area contributed by atoms with Gasteiger partial charge < -0.3 is 9.84 Å². The number of aliphatic hydroxyl groups is 1. The summed E-state index contributed by atoms with van der Waals surface area (Å²) in [6, 6.07) is 10.9. The molecule has 0 saturated carbocycles. The third-order valence-corrected chi connectivity index (χ3v) is 2.56. The SMILES string of the molecule is COC(=O)c1ccc2c(CO)cccc2c1. The average Bonchev–Trinajstić information content (AvgIpc) is 2.36. The first kappa shape index (κ1) is 10.6. The first-order chi connectivity index (χ1) is 7.76. The highest BCUT2D eigenvalue weighted by Crippen LogP contribution is 2.20. The van der Waals surface area contributed by atoms with Crippen LogP contribution in [0.1, 0.15) is 15.9 Å². The number of rotatable bonds is 2. The lowest BCUT2D eigenvalue weighted by molar-refractivity contribution is 0.0601. The van der Waals surface area contributed by atoms with Gasteiger partial charge in [-0.2, -0.15) is 0 Å². The molecule has 0 aromatic heterocycles. The molecular formula is C13H12O3. The summed E-state index contributed by atoms with van der Waals surface area (Å²) in [5.74, 6) is -0.351. The fourth-order valence-corrected chi connectivity index (χ4v) is 1.73. The van der Waals surface area contributed by atoms with Gasteiger partial charge in [0.1, 0.15) is 0 Å². The number of hydrogen-bond acceptors (Lipinski definition) is 3. The maximum Gasteiger partial charge on any atom is 0.337 e. The van der Waals surface area contributed by atoms with E-state index in [4.69, 9.17) is 5.11 Å². The monoisotopic (exact) mass is 216 g/mol. The van der Waals surface area contributed by atoms with E-state index in [2.05, 4.69) is 4.74 Å². The van der Waals surface area contributed by atoms with Crippen molar-refractivity contribution in [3.63, 3.8) is 0 Å². The van der Waals surface area contributed by atoms with Gasteiger partial charge in [-0.15, -0.1) is 0 Å². The summed E-state index contributed by atoms with van der Waals surface area (Å²) in [5, 5.41) is 11.1. The Balaban J connectivity index is 2.59. The van der Waals surface area contributed by atoms with Crippen LogP contribution in [0.4, 0.5) is 0 Å². The third-order valence-electron chi connectivity index (χ3n) is 2.56. The van der Waals surface area contributed by atoms with Gasteiger partial charge in [0.05, 0.1) is 19.3 Å². The van der Waals surface area contributed by atoms with Crippen LogP contribution in [0.25, 0.3) is 10.8 Å². The normalized spacial score (nSPS) is 10.4. The van der Waals surface area contributed by atoms with E-state index in [-0.39, 0.29) is 12.6 Å². The van der Waals surface area contributed by atoms with Crippen molar-refractivity contribution >= 4 is 16.7 Å². The number of benzene rings is 2. The lowest BCUT2D eigenvalue weighted by Gasteiger charge is -2.05. The van der Waals surface area contributed by atoms with Gasteiger partial charge in [-0.1, -0.05) is 24.3 Å². The van der Waals surface area contributed by atoms with E-state index >= 15 is 0 Å². The molecule has 0 unspecified atom stereocenters. The molecular weight excluding hydrogens is 204 g/mol. The van der Waals surface area contributed by atoms with Crippen LogP contribution < -0.4 is 0 Å². The number of carbonyl (C=O) groups excluding carboxylic acids is 1. The maximum absolute atomic E-state index is 11.3. The first-order valence-corrected chi connectivity index (χ1v) is 4.97. The predicted molar refractivity (Wildman–Crippen MR) is 61.2 cm³/mol. The van der Waals surface area contributed by atoms with E-state index in [0.717, 1.165) is 16.3 Å². The van der Waals surface area contributed by atoms with E-state index in [9.17, 15) is 4.79 Å². The number of fused-ring (bicyclic) bond motifs is 1. The molecule has 2 rings (SSSR count). The lowest BCUT2D eigenvalue weighted by Crippen LogP contribution is -2.00. The Bertz CT molecular complexity index is 532. The highest BCUT2D eigenvalue weighted by molar-refractivity contribution is 5.96. The minimum Gasteiger partial charge on any atom is -0.465 e. The largest absolute Gasteiger partial charge is 0.465 e. The molecule has 0 aliphatic rings. The molecule has 82 valence electrons. The minimum absolute atomic E-state index is 0.00505. The van der Waals surface area contributed by atoms with Gasteiger partial charge in [-0.3, -0.25) is 0 Å². The molecule has 0 fully saturated rings. The Labute approximate surface area is 93.3 Å². The lowest BCUT2D eigenvalue weighted by atomic mass is 10.0. The van der Waals surface area contributed by atoms with Gasteiger partial charge in [0.15, 0.2) is 0 Å². The van der Waals surface area contributed by atoms with E-state index in [1.54, 1.807) is 12.1 Å². The van der Waals surface area contributed by atoms with Gasteiger partial charge in [0.25, 0.3) is 0 Å². The summed E-state index contributed by atoms with van der Waals surface area (Å²) in [5.41, 5.74) is 1.37. The Morgan fingerprint density at radius 1 is 1.31 bits per heavy atom. The van der Waals surface area contributed by atoms with Crippen molar-refractivity contribution in [2.75, 3.05) is 7.11 Å². The van der Waals surface area contributed by atoms with Crippen LogP contribution in [-0.2, 0) is 11.3 Å². The molecule has 0 spiro atoms. The van der Waals surface area contributed by atoms with Crippen LogP contribution in [0.15, 0.2) is 36.4 Å². The molecule has 0 heterocycles. The Morgan fingerprint density at radius 2 is 2.12 bits per heavy atom. The van der Waals surface area contributed by atoms with Crippen molar-refractivity contribution in [1.82, 2.24) is 0 Å². The Morgan fingerprint density at radius 3 is 2.81 bits per heavy atom. The summed E-state index contributed by atoms with van der Waals surface area (Å²) < 4.78 is 4.65. The van der Waals surface area contributed by atoms with Gasteiger partial charge in [0.2, 0.25) is 0 Å². The number of esters is 1. The van der Waals surface area contributed by atoms with Crippen molar-refractivity contribution < 1.29 is 14.6 Å². The predicted octanol–water partition coefficient (Wildman–Crippen LogP) is 2.12. The smallest absolute Gasteiger partial charge is 0.337 e. The molecule has 0 aliphatic carbocycles. The molecule has 0 atom stereocenters. The number of hydrogen-bond donors (Lipinski definition) is 1. The van der Waals surface area contributed by atoms with Crippen LogP contribution >= 0.6 is 0 Å². The zero-order valence-electron chi connectivity index (χ0n) is 8.93. The number of methoxy groups -OCH3 is 1. The first-order valence-electron chi connectivity index (χ1n) is 4.97. The summed E-state index contributed by atoms with van der Waals surface area (Å²) in [6.07, 6.45) is 0. The van der Waals surface area contributed by atoms with E-state index < -0.39 is 0 Å². The quantitative estimate of drug-likeness (QED) is 0.782. The molecule has 0 saturated heterocycles. The molecule has 3 nitrogen and oxygen atoms in total. The maximum atomic E-state index is 11.3. The van der Waals surface area contributed by atoms with Crippen LogP contribution in [-0.4, -0.2) is 18.2 Å². The Hall–Kier alpha value is -1.87. The summed E-state index contributed by atoms with van der Waals surface area (Å²) in [6.45, 7) is -0.00505. The summed E-state index contributed by atoms with van der Waals surface area (Å²) in [7, 11) is 1.36. The molecule has 0 aliphatic heterocycles. The van der Waals surface area contributed by atoms with Crippen LogP contribution in [0.5, 0.6) is 0 Å². The van der Waals surface area contributed by atoms with Crippen LogP contribution in [0, 0.1) is 0 Å². The summed E-state index contributed by atoms with van der Waals surface area (Å²) >= 11 is 0. The van der Waals surface area contributed by atoms with Crippen LogP contribution in [0.2, 0.25) is 0 Å². The topological polar surface area (TPSA) is 46.5 Å². The zero-order valence-corrected chi connectivity index (χ0v) is 8.93. The number of carbonyl (C=O) groups is 1. The highest BCUT2D eigenvalue weighted by Gasteiger charge is 2.07. The molecule has 16 heavy (non-hydrogen) atoms. The average molecular weight is 216 g/mol. The second kappa shape index (κ2) is 4.33. The second-order valence-corrected chi connectivity index (χ2v) is 3.50. The third kappa shape index (κ3) is 1.77. The fraction of sp³-hybridized carbons (Fsp3) is 0.154. The van der Waals surface area contributed by atoms with Gasteiger partial charge >= 0.3 is 5.97 Å². The van der Waals surface area contributed by atoms with E-state index in [1.165, 1.54) is 7.11 Å². The Kier molecular flexibility index (Phi) is 2.88. The zero-order chi connectivity index (χ0) is 11.5. The number of aliphatic hydroxyl groups excluding tert-OH is 1. The molecule has 2 aromatic carbocycles. The van der Waals surface area contributed by atoms with Crippen molar-refractivity contribution in [3.8, 4) is 0 Å². The summed E-state index contributed by atoms with van der Waals surface area (Å²) in [4.78, 5) is 11.3. The van der Waals surface area contributed by atoms with Crippen LogP contribution in [0.3, 0.4) is 0 Å². The second-order valence-electron chi connectivity index (χ2n) is 3.50. The van der Waals surface area contributed by atoms with Crippen molar-refractivity contribution in [3.05, 3.63) is 47.5 Å². The molecule has 0 bridgehead atoms. The van der Waals surface area contributed by atoms with Crippen molar-refractivity contribution in [1.29, 1.82) is 0 Å².